The third-order valence-corrected chi connectivity index (χ3v) is 10.4. The molecule has 0 radical (unpaired) electrons. The van der Waals surface area contributed by atoms with E-state index in [0.29, 0.717) is 17.1 Å². The quantitative estimate of drug-likeness (QED) is 0.165. The van der Waals surface area contributed by atoms with Gasteiger partial charge in [-0.3, -0.25) is 13.9 Å². The summed E-state index contributed by atoms with van der Waals surface area (Å²) in [6.07, 6.45) is 0.169. The zero-order valence-electron chi connectivity index (χ0n) is 24.5. The normalized spacial score (nSPS) is 12.0. The van der Waals surface area contributed by atoms with Crippen molar-refractivity contribution in [3.63, 3.8) is 0 Å². The van der Waals surface area contributed by atoms with Gasteiger partial charge in [0.05, 0.1) is 30.7 Å². The van der Waals surface area contributed by atoms with Gasteiger partial charge in [-0.25, -0.2) is 8.42 Å². The van der Waals surface area contributed by atoms with Crippen LogP contribution in [-0.4, -0.2) is 44.3 Å². The number of benzene rings is 4. The molecule has 4 aromatic rings. The fourth-order valence-electron chi connectivity index (χ4n) is 4.72. The van der Waals surface area contributed by atoms with Gasteiger partial charge in [0.1, 0.15) is 12.6 Å². The number of carbonyl (C=O) groups excluding carboxylic acids is 2. The molecule has 0 aromatic heterocycles. The second-order valence-corrected chi connectivity index (χ2v) is 13.7. The molecule has 0 saturated heterocycles. The average Bonchev–Trinajstić information content (AvgIpc) is 3.01. The van der Waals surface area contributed by atoms with Crippen LogP contribution in [0.3, 0.4) is 0 Å². The van der Waals surface area contributed by atoms with Crippen LogP contribution < -0.4 is 9.62 Å². The van der Waals surface area contributed by atoms with Gasteiger partial charge in [-0.2, -0.15) is 0 Å². The topological polar surface area (TPSA) is 86.8 Å². The molecule has 0 unspecified atom stereocenters. The number of rotatable bonds is 12. The summed E-state index contributed by atoms with van der Waals surface area (Å²) in [5, 5.41) is 3.49. The van der Waals surface area contributed by atoms with Crippen molar-refractivity contribution in [1.82, 2.24) is 10.2 Å². The molecule has 0 heterocycles. The monoisotopic (exact) mass is 705 g/mol. The molecule has 0 bridgehead atoms. The molecule has 0 aliphatic heterocycles. The van der Waals surface area contributed by atoms with Crippen molar-refractivity contribution in [2.24, 2.45) is 0 Å². The summed E-state index contributed by atoms with van der Waals surface area (Å²) in [5.74, 6) is -1.05. The van der Waals surface area contributed by atoms with Gasteiger partial charge < -0.3 is 10.2 Å². The molecule has 2 amide bonds. The maximum Gasteiger partial charge on any atom is 0.264 e. The summed E-state index contributed by atoms with van der Waals surface area (Å²) in [6, 6.07) is 23.9. The Kier molecular flexibility index (Phi) is 11.8. The number of hydrogen-bond acceptors (Lipinski definition) is 4. The number of nitrogens with one attached hydrogen (secondary N) is 1. The number of sulfonamides is 1. The number of carbonyl (C=O) groups is 2. The Morgan fingerprint density at radius 1 is 0.800 bits per heavy atom. The molecule has 0 saturated carbocycles. The van der Waals surface area contributed by atoms with Crippen molar-refractivity contribution in [3.8, 4) is 0 Å². The Labute approximate surface area is 283 Å². The van der Waals surface area contributed by atoms with Crippen LogP contribution in [-0.2, 0) is 32.6 Å². The highest BCUT2D eigenvalue weighted by atomic mass is 35.5. The smallest absolute Gasteiger partial charge is 0.264 e. The highest BCUT2D eigenvalue weighted by Gasteiger charge is 2.35. The molecule has 236 valence electrons. The number of aryl methyl sites for hydroxylation is 1. The van der Waals surface area contributed by atoms with E-state index in [2.05, 4.69) is 5.32 Å². The summed E-state index contributed by atoms with van der Waals surface area (Å²) in [5.41, 5.74) is 2.28. The van der Waals surface area contributed by atoms with E-state index in [0.717, 1.165) is 15.4 Å². The summed E-state index contributed by atoms with van der Waals surface area (Å²) in [4.78, 5) is 29.4. The highest BCUT2D eigenvalue weighted by molar-refractivity contribution is 7.92. The van der Waals surface area contributed by atoms with E-state index in [-0.39, 0.29) is 38.6 Å². The summed E-state index contributed by atoms with van der Waals surface area (Å²) in [6.45, 7) is 3.19. The van der Waals surface area contributed by atoms with Crippen LogP contribution in [0.5, 0.6) is 0 Å². The number of hydrogen-bond donors (Lipinski definition) is 1. The average molecular weight is 708 g/mol. The maximum atomic E-state index is 14.5. The van der Waals surface area contributed by atoms with Gasteiger partial charge in [-0.15, -0.1) is 0 Å². The molecule has 0 aliphatic carbocycles. The van der Waals surface area contributed by atoms with Gasteiger partial charge in [-0.1, -0.05) is 107 Å². The summed E-state index contributed by atoms with van der Waals surface area (Å²) < 4.78 is 29.2. The van der Waals surface area contributed by atoms with Crippen LogP contribution in [0.25, 0.3) is 0 Å². The first-order valence-electron chi connectivity index (χ1n) is 14.0. The van der Waals surface area contributed by atoms with Crippen molar-refractivity contribution in [3.05, 3.63) is 128 Å². The Hall–Kier alpha value is -3.27. The van der Waals surface area contributed by atoms with Crippen LogP contribution >= 0.6 is 46.4 Å². The number of halogens is 4. The number of nitrogens with zero attached hydrogens (tertiary/aromatic N) is 2. The van der Waals surface area contributed by atoms with Crippen LogP contribution in [0, 0.1) is 6.92 Å². The fraction of sp³-hybridized carbons (Fsp3) is 0.212. The number of anilines is 1. The molecule has 4 rings (SSSR count). The Balaban J connectivity index is 1.84. The van der Waals surface area contributed by atoms with Crippen molar-refractivity contribution >= 4 is 73.9 Å². The molecular formula is C33H31Cl4N3O4S. The lowest BCUT2D eigenvalue weighted by Gasteiger charge is -2.34. The first kappa shape index (κ1) is 34.6. The molecule has 1 atom stereocenters. The zero-order chi connectivity index (χ0) is 32.7. The van der Waals surface area contributed by atoms with Gasteiger partial charge in [0.15, 0.2) is 0 Å². The third kappa shape index (κ3) is 8.51. The molecule has 1 N–H and O–H groups in total. The Morgan fingerprint density at radius 2 is 1.49 bits per heavy atom. The van der Waals surface area contributed by atoms with Crippen LogP contribution in [0.15, 0.2) is 95.9 Å². The summed E-state index contributed by atoms with van der Waals surface area (Å²) in [7, 11) is -4.34. The third-order valence-electron chi connectivity index (χ3n) is 7.05. The minimum Gasteiger partial charge on any atom is -0.355 e. The lowest BCUT2D eigenvalue weighted by molar-refractivity contribution is -0.140. The van der Waals surface area contributed by atoms with Gasteiger partial charge in [0, 0.05) is 19.5 Å². The second kappa shape index (κ2) is 15.3. The number of amides is 2. The van der Waals surface area contributed by atoms with Crippen LogP contribution in [0.2, 0.25) is 20.1 Å². The predicted octanol–water partition coefficient (Wildman–Crippen LogP) is 7.58. The van der Waals surface area contributed by atoms with Crippen molar-refractivity contribution in [2.45, 2.75) is 37.8 Å². The van der Waals surface area contributed by atoms with Gasteiger partial charge >= 0.3 is 0 Å². The second-order valence-electron chi connectivity index (χ2n) is 10.3. The first-order valence-corrected chi connectivity index (χ1v) is 17.0. The molecule has 0 aliphatic rings. The van der Waals surface area contributed by atoms with Crippen molar-refractivity contribution < 1.29 is 18.0 Å². The molecular weight excluding hydrogens is 676 g/mol. The molecule has 45 heavy (non-hydrogen) atoms. The number of likely N-dealkylation sites (N-methyl/N-ethyl adjacent to an activating group) is 1. The summed E-state index contributed by atoms with van der Waals surface area (Å²) >= 11 is 25.3. The van der Waals surface area contributed by atoms with E-state index in [9.17, 15) is 18.0 Å². The van der Waals surface area contributed by atoms with Crippen LogP contribution in [0.4, 0.5) is 5.69 Å². The zero-order valence-corrected chi connectivity index (χ0v) is 28.4. The lowest BCUT2D eigenvalue weighted by atomic mass is 10.0. The minimum atomic E-state index is -4.34. The predicted molar refractivity (Wildman–Crippen MR) is 182 cm³/mol. The molecule has 7 nitrogen and oxygen atoms in total. The molecule has 0 spiro atoms. The lowest BCUT2D eigenvalue weighted by Crippen LogP contribution is -2.53. The van der Waals surface area contributed by atoms with E-state index in [1.807, 2.05) is 37.3 Å². The standard InChI is InChI=1S/C33H31Cl4N3O4S/c1-3-38-33(42)30(19-23-8-5-4-6-9-23)39(20-24-14-17-26(34)28(36)18-24)31(41)21-40(29-11-7-10-27(35)32(29)37)45(43,44)25-15-12-22(2)13-16-25/h4-18,30H,3,19-21H2,1-2H3,(H,38,42)/t30-/m1/s1. The molecule has 0 fully saturated rings. The maximum absolute atomic E-state index is 14.5. The van der Waals surface area contributed by atoms with Crippen molar-refractivity contribution in [1.29, 1.82) is 0 Å². The van der Waals surface area contributed by atoms with Crippen molar-refractivity contribution in [2.75, 3.05) is 17.4 Å². The van der Waals surface area contributed by atoms with Gasteiger partial charge in [0.25, 0.3) is 10.0 Å². The van der Waals surface area contributed by atoms with Gasteiger partial charge in [-0.05, 0) is 61.4 Å². The van der Waals surface area contributed by atoms with E-state index in [4.69, 9.17) is 46.4 Å². The first-order chi connectivity index (χ1) is 21.4. The van der Waals surface area contributed by atoms with E-state index in [1.165, 1.54) is 29.2 Å². The fourth-order valence-corrected chi connectivity index (χ4v) is 6.91. The Bertz CT molecular complexity index is 1770. The largest absolute Gasteiger partial charge is 0.355 e. The Morgan fingerprint density at radius 3 is 2.13 bits per heavy atom. The molecule has 4 aromatic carbocycles. The van der Waals surface area contributed by atoms with E-state index in [1.54, 1.807) is 43.3 Å². The van der Waals surface area contributed by atoms with E-state index >= 15 is 0 Å². The minimum absolute atomic E-state index is 0.0187. The van der Waals surface area contributed by atoms with E-state index < -0.39 is 34.4 Å². The molecule has 12 heteroatoms. The van der Waals surface area contributed by atoms with Crippen LogP contribution in [0.1, 0.15) is 23.6 Å². The SMILES string of the molecule is CCNC(=O)[C@@H](Cc1ccccc1)N(Cc1ccc(Cl)c(Cl)c1)C(=O)CN(c1cccc(Cl)c1Cl)S(=O)(=O)c1ccc(C)cc1. The highest BCUT2D eigenvalue weighted by Crippen LogP contribution is 2.36. The van der Waals surface area contributed by atoms with Gasteiger partial charge in [0.2, 0.25) is 11.8 Å².